The van der Waals surface area contributed by atoms with Crippen LogP contribution in [0.1, 0.15) is 121 Å². The van der Waals surface area contributed by atoms with Gasteiger partial charge in [0.25, 0.3) is 0 Å². The van der Waals surface area contributed by atoms with Crippen LogP contribution in [0.3, 0.4) is 0 Å². The molecule has 2 N–H and O–H groups in total. The predicted octanol–water partition coefficient (Wildman–Crippen LogP) is 11.2. The van der Waals surface area contributed by atoms with E-state index >= 15 is 0 Å². The van der Waals surface area contributed by atoms with E-state index in [1.807, 2.05) is 24.3 Å². The molecule has 0 saturated carbocycles. The van der Waals surface area contributed by atoms with Gasteiger partial charge in [0.1, 0.15) is 11.5 Å². The van der Waals surface area contributed by atoms with Crippen LogP contribution < -0.4 is 0 Å². The lowest BCUT2D eigenvalue weighted by molar-refractivity contribution is 0.431. The molecule has 2 rings (SSSR count). The Morgan fingerprint density at radius 3 is 1.80 bits per heavy atom. The average Bonchev–Trinajstić information content (AvgIpc) is 2.89. The number of hydrogen-bond donors (Lipinski definition) is 2. The molecule has 2 nitrogen and oxygen atoms in total. The second-order valence-corrected chi connectivity index (χ2v) is 13.5. The molecule has 40 heavy (non-hydrogen) atoms. The first-order valence-corrected chi connectivity index (χ1v) is 16.0. The van der Waals surface area contributed by atoms with Crippen LogP contribution in [0.25, 0.3) is 0 Å². The van der Waals surface area contributed by atoms with Crippen molar-refractivity contribution in [1.29, 1.82) is 0 Å². The second kappa shape index (κ2) is 15.6. The van der Waals surface area contributed by atoms with Gasteiger partial charge in [0, 0.05) is 5.56 Å². The lowest BCUT2D eigenvalue weighted by Gasteiger charge is -2.34. The van der Waals surface area contributed by atoms with Crippen LogP contribution in [0.2, 0.25) is 0 Å². The van der Waals surface area contributed by atoms with Crippen LogP contribution in [0.15, 0.2) is 66.0 Å². The second-order valence-electron chi connectivity index (χ2n) is 12.4. The number of benzene rings is 2. The molecule has 0 heterocycles. The lowest BCUT2D eigenvalue weighted by Crippen LogP contribution is -2.23. The molecule has 0 bridgehead atoms. The Morgan fingerprint density at radius 2 is 1.25 bits per heavy atom. The predicted molar refractivity (Wildman–Crippen MR) is 176 cm³/mol. The molecule has 3 heteroatoms. The van der Waals surface area contributed by atoms with Gasteiger partial charge < -0.3 is 10.2 Å². The summed E-state index contributed by atoms with van der Waals surface area (Å²) in [6.45, 7) is 25.9. The van der Waals surface area contributed by atoms with Gasteiger partial charge in [0.05, 0.1) is 9.79 Å². The first-order valence-electron chi connectivity index (χ1n) is 15.2. The summed E-state index contributed by atoms with van der Waals surface area (Å²) in [7, 11) is 0. The molecule has 0 saturated heterocycles. The SMILES string of the molecule is C=CCc1c(O)c(Sc2cc(C(C)(C)CCCCC)ccc2O)c(CC=C)c(C(C)(C)CCCCC)c1CC=C. The van der Waals surface area contributed by atoms with Crippen molar-refractivity contribution < 1.29 is 10.2 Å². The highest BCUT2D eigenvalue weighted by Crippen LogP contribution is 2.50. The maximum atomic E-state index is 11.8. The fourth-order valence-corrected chi connectivity index (χ4v) is 7.01. The summed E-state index contributed by atoms with van der Waals surface area (Å²) in [5, 5.41) is 22.9. The minimum absolute atomic E-state index is 0.00157. The van der Waals surface area contributed by atoms with Gasteiger partial charge in [-0.1, -0.05) is 116 Å². The fraction of sp³-hybridized carbons (Fsp3) is 0.514. The number of hydrogen-bond acceptors (Lipinski definition) is 3. The van der Waals surface area contributed by atoms with Crippen LogP contribution in [0.5, 0.6) is 11.5 Å². The van der Waals surface area contributed by atoms with Crippen molar-refractivity contribution in [3.63, 3.8) is 0 Å². The Kier molecular flexibility index (Phi) is 13.2. The molecule has 0 amide bonds. The summed E-state index contributed by atoms with van der Waals surface area (Å²) in [6, 6.07) is 5.99. The van der Waals surface area contributed by atoms with Gasteiger partial charge in [-0.3, -0.25) is 0 Å². The van der Waals surface area contributed by atoms with Crippen molar-refractivity contribution in [3.05, 3.63) is 84.0 Å². The first kappa shape index (κ1) is 33.8. The summed E-state index contributed by atoms with van der Waals surface area (Å²) >= 11 is 1.48. The molecule has 220 valence electrons. The molecule has 0 atom stereocenters. The number of unbranched alkanes of at least 4 members (excludes halogenated alkanes) is 4. The molecule has 2 aromatic carbocycles. The maximum absolute atomic E-state index is 11.8. The van der Waals surface area contributed by atoms with Crippen LogP contribution in [0, 0.1) is 0 Å². The van der Waals surface area contributed by atoms with Crippen molar-refractivity contribution in [2.75, 3.05) is 0 Å². The van der Waals surface area contributed by atoms with Crippen LogP contribution >= 0.6 is 11.8 Å². The molecule has 0 aliphatic heterocycles. The molecule has 0 radical (unpaired) electrons. The monoisotopic (exact) mass is 562 g/mol. The zero-order valence-electron chi connectivity index (χ0n) is 26.2. The van der Waals surface area contributed by atoms with Gasteiger partial charge in [-0.2, -0.15) is 0 Å². The van der Waals surface area contributed by atoms with Gasteiger partial charge >= 0.3 is 0 Å². The zero-order valence-corrected chi connectivity index (χ0v) is 27.0. The third kappa shape index (κ3) is 8.32. The third-order valence-corrected chi connectivity index (χ3v) is 9.42. The highest BCUT2D eigenvalue weighted by atomic mass is 32.2. The van der Waals surface area contributed by atoms with E-state index in [9.17, 15) is 10.2 Å². The van der Waals surface area contributed by atoms with Crippen LogP contribution in [-0.4, -0.2) is 10.2 Å². The van der Waals surface area contributed by atoms with E-state index in [-0.39, 0.29) is 16.6 Å². The van der Waals surface area contributed by atoms with Crippen molar-refractivity contribution in [1.82, 2.24) is 0 Å². The highest BCUT2D eigenvalue weighted by Gasteiger charge is 2.32. The largest absolute Gasteiger partial charge is 0.507 e. The van der Waals surface area contributed by atoms with Gasteiger partial charge in [0.2, 0.25) is 0 Å². The van der Waals surface area contributed by atoms with Crippen molar-refractivity contribution >= 4 is 11.8 Å². The lowest BCUT2D eigenvalue weighted by atomic mass is 9.72. The fourth-order valence-electron chi connectivity index (χ4n) is 5.90. The highest BCUT2D eigenvalue weighted by molar-refractivity contribution is 7.99. The van der Waals surface area contributed by atoms with Gasteiger partial charge in [-0.05, 0) is 77.3 Å². The van der Waals surface area contributed by atoms with E-state index in [0.29, 0.717) is 25.0 Å². The smallest absolute Gasteiger partial charge is 0.133 e. The topological polar surface area (TPSA) is 40.5 Å². The molecule has 0 aliphatic carbocycles. The Balaban J connectivity index is 2.81. The zero-order chi connectivity index (χ0) is 29.9. The van der Waals surface area contributed by atoms with Crippen LogP contribution in [0.4, 0.5) is 0 Å². The Bertz CT molecular complexity index is 1160. The molecule has 0 unspecified atom stereocenters. The average molecular weight is 563 g/mol. The standard InChI is InChI=1S/C37H54O2S/c1-10-15-17-24-36(6,7)27-22-23-31(38)32(26-27)40-35-30(21-14-5)33(37(8,9)25-18-16-11-2)28(19-12-3)29(20-13-4)34(35)39/h12-14,22-23,26,38-39H,3-5,10-11,15-21,24-25H2,1-2,6-9H3. The van der Waals surface area contributed by atoms with Crippen molar-refractivity contribution in [3.8, 4) is 11.5 Å². The first-order chi connectivity index (χ1) is 19.0. The Morgan fingerprint density at radius 1 is 0.725 bits per heavy atom. The van der Waals surface area contributed by atoms with E-state index in [2.05, 4.69) is 73.4 Å². The summed E-state index contributed by atoms with van der Waals surface area (Å²) in [6.07, 6.45) is 16.9. The third-order valence-electron chi connectivity index (χ3n) is 8.23. The number of phenols is 2. The quantitative estimate of drug-likeness (QED) is 0.140. The summed E-state index contributed by atoms with van der Waals surface area (Å²) in [5.74, 6) is 0.532. The van der Waals surface area contributed by atoms with E-state index in [0.717, 1.165) is 45.7 Å². The molecule has 2 aromatic rings. The van der Waals surface area contributed by atoms with Crippen molar-refractivity contribution in [2.24, 2.45) is 0 Å². The number of allylic oxidation sites excluding steroid dienone is 3. The summed E-state index contributed by atoms with van der Waals surface area (Å²) < 4.78 is 0. The van der Waals surface area contributed by atoms with Gasteiger partial charge in [-0.25, -0.2) is 0 Å². The van der Waals surface area contributed by atoms with E-state index in [1.54, 1.807) is 0 Å². The maximum Gasteiger partial charge on any atom is 0.133 e. The minimum atomic E-state index is -0.101. The molecule has 0 spiro atoms. The molecule has 0 aliphatic rings. The summed E-state index contributed by atoms with van der Waals surface area (Å²) in [5.41, 5.74) is 5.58. The molecule has 0 aromatic heterocycles. The molecular weight excluding hydrogens is 508 g/mol. The minimum Gasteiger partial charge on any atom is -0.507 e. The summed E-state index contributed by atoms with van der Waals surface area (Å²) in [4.78, 5) is 1.59. The normalized spacial score (nSPS) is 11.9. The van der Waals surface area contributed by atoms with E-state index in [4.69, 9.17) is 0 Å². The molecular formula is C37H54O2S. The Hall–Kier alpha value is -2.39. The number of rotatable bonds is 18. The Labute approximate surface area is 249 Å². The number of aromatic hydroxyl groups is 2. The van der Waals surface area contributed by atoms with Gasteiger partial charge in [-0.15, -0.1) is 19.7 Å². The van der Waals surface area contributed by atoms with Crippen LogP contribution in [-0.2, 0) is 30.1 Å². The number of phenolic OH excluding ortho intramolecular Hbond substituents is 2. The molecule has 0 fully saturated rings. The van der Waals surface area contributed by atoms with E-state index in [1.165, 1.54) is 55.0 Å². The van der Waals surface area contributed by atoms with E-state index < -0.39 is 0 Å². The van der Waals surface area contributed by atoms with Crippen molar-refractivity contribution in [2.45, 2.75) is 133 Å². The van der Waals surface area contributed by atoms with Gasteiger partial charge in [0.15, 0.2) is 0 Å².